The van der Waals surface area contributed by atoms with Crippen LogP contribution < -0.4 is 5.32 Å². The first-order valence-corrected chi connectivity index (χ1v) is 6.38. The van der Waals surface area contributed by atoms with E-state index in [1.807, 2.05) is 6.92 Å². The first kappa shape index (κ1) is 14.8. The number of hydrogen-bond donors (Lipinski definition) is 1. The summed E-state index contributed by atoms with van der Waals surface area (Å²) >= 11 is 0. The molecule has 2 nitrogen and oxygen atoms in total. The van der Waals surface area contributed by atoms with Crippen molar-refractivity contribution in [1.82, 2.24) is 5.32 Å². The number of nitrogens with one attached hydrogen (secondary N) is 1. The van der Waals surface area contributed by atoms with E-state index >= 15 is 0 Å². The van der Waals surface area contributed by atoms with Crippen LogP contribution in [0.25, 0.3) is 11.0 Å². The number of furan rings is 1. The predicted octanol–water partition coefficient (Wildman–Crippen LogP) is 4.57. The molecule has 1 aromatic heterocycles. The highest BCUT2D eigenvalue weighted by Crippen LogP contribution is 2.30. The highest BCUT2D eigenvalue weighted by Gasteiger charge is 2.29. The first-order valence-electron chi connectivity index (χ1n) is 6.38. The van der Waals surface area contributed by atoms with Crippen molar-refractivity contribution in [2.45, 2.75) is 32.0 Å². The third kappa shape index (κ3) is 3.72. The van der Waals surface area contributed by atoms with Crippen LogP contribution >= 0.6 is 0 Å². The van der Waals surface area contributed by atoms with Crippen molar-refractivity contribution in [3.05, 3.63) is 35.8 Å². The average Bonchev–Trinajstić information content (AvgIpc) is 2.75. The summed E-state index contributed by atoms with van der Waals surface area (Å²) in [5.41, 5.74) is 0.469. The van der Waals surface area contributed by atoms with Gasteiger partial charge in [-0.15, -0.1) is 0 Å². The van der Waals surface area contributed by atoms with Crippen molar-refractivity contribution in [2.75, 3.05) is 6.54 Å². The minimum absolute atomic E-state index is 0.111. The van der Waals surface area contributed by atoms with E-state index in [0.29, 0.717) is 23.3 Å². The van der Waals surface area contributed by atoms with Crippen LogP contribution in [0, 0.1) is 5.82 Å². The smallest absolute Gasteiger partial charge is 0.389 e. The molecule has 0 radical (unpaired) electrons. The summed E-state index contributed by atoms with van der Waals surface area (Å²) in [5, 5.41) is 3.51. The zero-order valence-electron chi connectivity index (χ0n) is 10.9. The summed E-state index contributed by atoms with van der Waals surface area (Å²) in [7, 11) is 0. The van der Waals surface area contributed by atoms with E-state index in [1.165, 1.54) is 18.2 Å². The number of alkyl halides is 3. The van der Waals surface area contributed by atoms with Crippen LogP contribution in [0.15, 0.2) is 28.7 Å². The first-order chi connectivity index (χ1) is 9.39. The van der Waals surface area contributed by atoms with Gasteiger partial charge in [0.1, 0.15) is 17.2 Å². The standard InChI is InChI=1S/C14H15F4NO/c1-2-19-11(5-6-14(16,17)18)13-8-9-7-10(15)3-4-12(9)20-13/h3-4,7-8,11,19H,2,5-6H2,1H3. The number of halogens is 4. The monoisotopic (exact) mass is 289 g/mol. The van der Waals surface area contributed by atoms with E-state index in [9.17, 15) is 17.6 Å². The molecular formula is C14H15F4NO. The number of benzene rings is 1. The van der Waals surface area contributed by atoms with Gasteiger partial charge in [-0.3, -0.25) is 0 Å². The van der Waals surface area contributed by atoms with Crippen molar-refractivity contribution in [1.29, 1.82) is 0 Å². The largest absolute Gasteiger partial charge is 0.459 e. The van der Waals surface area contributed by atoms with Gasteiger partial charge in [0, 0.05) is 11.8 Å². The number of hydrogen-bond acceptors (Lipinski definition) is 2. The molecule has 20 heavy (non-hydrogen) atoms. The molecule has 0 spiro atoms. The fourth-order valence-corrected chi connectivity index (χ4v) is 2.11. The Bertz CT molecular complexity index is 576. The summed E-state index contributed by atoms with van der Waals surface area (Å²) < 4.78 is 55.6. The lowest BCUT2D eigenvalue weighted by molar-refractivity contribution is -0.136. The van der Waals surface area contributed by atoms with Crippen LogP contribution in [0.1, 0.15) is 31.6 Å². The van der Waals surface area contributed by atoms with E-state index in [2.05, 4.69) is 5.32 Å². The fraction of sp³-hybridized carbons (Fsp3) is 0.429. The summed E-state index contributed by atoms with van der Waals surface area (Å²) in [6, 6.07) is 5.09. The fourth-order valence-electron chi connectivity index (χ4n) is 2.11. The van der Waals surface area contributed by atoms with E-state index in [0.717, 1.165) is 0 Å². The molecule has 110 valence electrons. The second-order valence-electron chi connectivity index (χ2n) is 4.60. The van der Waals surface area contributed by atoms with Crippen molar-refractivity contribution >= 4 is 11.0 Å². The molecule has 0 aliphatic rings. The molecule has 1 aromatic carbocycles. The van der Waals surface area contributed by atoms with Crippen LogP contribution in [-0.4, -0.2) is 12.7 Å². The Morgan fingerprint density at radius 2 is 2.00 bits per heavy atom. The summed E-state index contributed by atoms with van der Waals surface area (Å²) in [6.07, 6.45) is -5.21. The molecule has 0 saturated heterocycles. The molecule has 1 heterocycles. The second-order valence-corrected chi connectivity index (χ2v) is 4.60. The molecule has 2 aromatic rings. The molecule has 0 amide bonds. The second kappa shape index (κ2) is 5.83. The molecule has 1 N–H and O–H groups in total. The maximum absolute atomic E-state index is 13.1. The maximum atomic E-state index is 13.1. The summed E-state index contributed by atoms with van der Waals surface area (Å²) in [6.45, 7) is 2.33. The molecule has 6 heteroatoms. The lowest BCUT2D eigenvalue weighted by Crippen LogP contribution is -2.22. The number of fused-ring (bicyclic) bond motifs is 1. The Labute approximate surface area is 113 Å². The van der Waals surface area contributed by atoms with Crippen molar-refractivity contribution in [3.63, 3.8) is 0 Å². The van der Waals surface area contributed by atoms with Crippen LogP contribution in [0.5, 0.6) is 0 Å². The predicted molar refractivity (Wildman–Crippen MR) is 67.9 cm³/mol. The highest BCUT2D eigenvalue weighted by atomic mass is 19.4. The topological polar surface area (TPSA) is 25.2 Å². The normalized spacial score (nSPS) is 13.8. The molecule has 1 unspecified atom stereocenters. The van der Waals surface area contributed by atoms with Gasteiger partial charge in [-0.2, -0.15) is 13.2 Å². The van der Waals surface area contributed by atoms with Gasteiger partial charge in [0.15, 0.2) is 0 Å². The lowest BCUT2D eigenvalue weighted by Gasteiger charge is -2.16. The van der Waals surface area contributed by atoms with Gasteiger partial charge in [-0.25, -0.2) is 4.39 Å². The van der Waals surface area contributed by atoms with Gasteiger partial charge in [0.05, 0.1) is 6.04 Å². The molecule has 1 atom stereocenters. The number of rotatable bonds is 5. The zero-order valence-corrected chi connectivity index (χ0v) is 10.9. The van der Waals surface area contributed by atoms with Crippen molar-refractivity contribution in [2.24, 2.45) is 0 Å². The van der Waals surface area contributed by atoms with Crippen LogP contribution in [-0.2, 0) is 0 Å². The van der Waals surface area contributed by atoms with Crippen molar-refractivity contribution < 1.29 is 22.0 Å². The quantitative estimate of drug-likeness (QED) is 0.816. The van der Waals surface area contributed by atoms with Gasteiger partial charge < -0.3 is 9.73 Å². The Balaban J connectivity index is 2.22. The van der Waals surface area contributed by atoms with Crippen molar-refractivity contribution in [3.8, 4) is 0 Å². The molecule has 0 fully saturated rings. The third-order valence-electron chi connectivity index (χ3n) is 3.01. The van der Waals surface area contributed by atoms with E-state index < -0.39 is 24.5 Å². The van der Waals surface area contributed by atoms with Crippen LogP contribution in [0.4, 0.5) is 17.6 Å². The minimum Gasteiger partial charge on any atom is -0.459 e. The van der Waals surface area contributed by atoms with E-state index in [4.69, 9.17) is 4.42 Å². The summed E-state index contributed by atoms with van der Waals surface area (Å²) in [4.78, 5) is 0. The van der Waals surface area contributed by atoms with Gasteiger partial charge in [-0.1, -0.05) is 6.92 Å². The van der Waals surface area contributed by atoms with E-state index in [-0.39, 0.29) is 6.42 Å². The Hall–Kier alpha value is -1.56. The van der Waals surface area contributed by atoms with Crippen LogP contribution in [0.3, 0.4) is 0 Å². The summed E-state index contributed by atoms with van der Waals surface area (Å²) in [5.74, 6) is -0.00292. The van der Waals surface area contributed by atoms with E-state index in [1.54, 1.807) is 6.07 Å². The molecule has 0 saturated carbocycles. The van der Waals surface area contributed by atoms with Gasteiger partial charge in [-0.05, 0) is 37.2 Å². The third-order valence-corrected chi connectivity index (χ3v) is 3.01. The Kier molecular flexibility index (Phi) is 4.32. The van der Waals surface area contributed by atoms with Crippen LogP contribution in [0.2, 0.25) is 0 Å². The Morgan fingerprint density at radius 3 is 2.65 bits per heavy atom. The average molecular weight is 289 g/mol. The molecule has 0 aliphatic heterocycles. The van der Waals surface area contributed by atoms with Gasteiger partial charge >= 0.3 is 6.18 Å². The highest BCUT2D eigenvalue weighted by molar-refractivity contribution is 5.78. The Morgan fingerprint density at radius 1 is 1.25 bits per heavy atom. The molecule has 2 rings (SSSR count). The minimum atomic E-state index is -4.20. The SMILES string of the molecule is CCNC(CCC(F)(F)F)c1cc2cc(F)ccc2o1. The molecular weight excluding hydrogens is 274 g/mol. The molecule has 0 bridgehead atoms. The van der Waals surface area contributed by atoms with Gasteiger partial charge in [0.2, 0.25) is 0 Å². The maximum Gasteiger partial charge on any atom is 0.389 e. The van der Waals surface area contributed by atoms with Gasteiger partial charge in [0.25, 0.3) is 0 Å². The molecule has 0 aliphatic carbocycles. The lowest BCUT2D eigenvalue weighted by atomic mass is 10.1. The zero-order chi connectivity index (χ0) is 14.8.